The molecule has 0 bridgehead atoms. The van der Waals surface area contributed by atoms with Crippen molar-refractivity contribution in [2.45, 2.75) is 44.7 Å². The molecule has 1 aromatic heterocycles. The second kappa shape index (κ2) is 6.51. The quantitative estimate of drug-likeness (QED) is 0.752. The fraction of sp³-hybridized carbons (Fsp3) is 0.444. The third-order valence-corrected chi connectivity index (χ3v) is 5.62. The first kappa shape index (κ1) is 15.1. The Balaban J connectivity index is 1.57. The van der Waals surface area contributed by atoms with Gasteiger partial charge in [-0.05, 0) is 53.8 Å². The lowest BCUT2D eigenvalue weighted by Crippen LogP contribution is -2.43. The number of rotatable bonds is 5. The van der Waals surface area contributed by atoms with E-state index >= 15 is 0 Å². The fourth-order valence-electron chi connectivity index (χ4n) is 3.09. The van der Waals surface area contributed by atoms with Gasteiger partial charge in [-0.1, -0.05) is 43.6 Å². The van der Waals surface area contributed by atoms with Gasteiger partial charge >= 0.3 is 0 Å². The van der Waals surface area contributed by atoms with Crippen LogP contribution >= 0.6 is 22.9 Å². The van der Waals surface area contributed by atoms with Crippen molar-refractivity contribution in [3.8, 4) is 0 Å². The molecule has 1 aromatic carbocycles. The van der Waals surface area contributed by atoms with Gasteiger partial charge in [0.2, 0.25) is 0 Å². The molecule has 1 fully saturated rings. The molecule has 21 heavy (non-hydrogen) atoms. The molecule has 1 nitrogen and oxygen atoms in total. The summed E-state index contributed by atoms with van der Waals surface area (Å²) in [4.78, 5) is 1.46. The monoisotopic (exact) mass is 319 g/mol. The van der Waals surface area contributed by atoms with Crippen molar-refractivity contribution in [2.24, 2.45) is 5.92 Å². The highest BCUT2D eigenvalue weighted by molar-refractivity contribution is 7.10. The third kappa shape index (κ3) is 3.50. The van der Waals surface area contributed by atoms with Gasteiger partial charge in [-0.25, -0.2) is 0 Å². The lowest BCUT2D eigenvalue weighted by atomic mass is 9.75. The molecule has 1 N–H and O–H groups in total. The van der Waals surface area contributed by atoms with Crippen molar-refractivity contribution in [1.82, 2.24) is 5.32 Å². The number of hydrogen-bond acceptors (Lipinski definition) is 2. The van der Waals surface area contributed by atoms with Crippen LogP contribution in [0, 0.1) is 5.92 Å². The van der Waals surface area contributed by atoms with Crippen molar-refractivity contribution in [3.05, 3.63) is 57.2 Å². The Kier molecular flexibility index (Phi) is 4.68. The predicted octanol–water partition coefficient (Wildman–Crippen LogP) is 5.63. The lowest BCUT2D eigenvalue weighted by Gasteiger charge is -2.39. The van der Waals surface area contributed by atoms with Crippen molar-refractivity contribution in [2.75, 3.05) is 0 Å². The van der Waals surface area contributed by atoms with Gasteiger partial charge < -0.3 is 5.32 Å². The first-order valence-electron chi connectivity index (χ1n) is 7.68. The average Bonchev–Trinajstić information content (AvgIpc) is 2.92. The van der Waals surface area contributed by atoms with Crippen LogP contribution in [0.15, 0.2) is 41.8 Å². The van der Waals surface area contributed by atoms with Gasteiger partial charge in [0.15, 0.2) is 0 Å². The molecule has 2 aromatic rings. The van der Waals surface area contributed by atoms with Crippen molar-refractivity contribution in [3.63, 3.8) is 0 Å². The molecule has 0 radical (unpaired) electrons. The van der Waals surface area contributed by atoms with Crippen molar-refractivity contribution >= 4 is 22.9 Å². The van der Waals surface area contributed by atoms with Crippen LogP contribution in [-0.4, -0.2) is 6.04 Å². The molecule has 112 valence electrons. The summed E-state index contributed by atoms with van der Waals surface area (Å²) in [6.07, 6.45) is 2.46. The van der Waals surface area contributed by atoms with Crippen LogP contribution in [0.2, 0.25) is 5.02 Å². The van der Waals surface area contributed by atoms with Gasteiger partial charge in [0.25, 0.3) is 0 Å². The molecular formula is C18H22ClNS. The van der Waals surface area contributed by atoms with Crippen LogP contribution in [0.25, 0.3) is 0 Å². The van der Waals surface area contributed by atoms with Crippen molar-refractivity contribution in [1.29, 1.82) is 0 Å². The predicted molar refractivity (Wildman–Crippen MR) is 92.2 cm³/mol. The molecule has 0 saturated heterocycles. The maximum Gasteiger partial charge on any atom is 0.0440 e. The van der Waals surface area contributed by atoms with Crippen LogP contribution in [0.5, 0.6) is 0 Å². The zero-order chi connectivity index (χ0) is 14.8. The Bertz CT molecular complexity index is 555. The zero-order valence-electron chi connectivity index (χ0n) is 12.6. The van der Waals surface area contributed by atoms with Crippen LogP contribution in [0.3, 0.4) is 0 Å². The Morgan fingerprint density at radius 3 is 2.43 bits per heavy atom. The molecule has 1 aliphatic carbocycles. The number of halogens is 1. The summed E-state index contributed by atoms with van der Waals surface area (Å²) >= 11 is 7.81. The topological polar surface area (TPSA) is 12.0 Å². The van der Waals surface area contributed by atoms with E-state index in [-0.39, 0.29) is 0 Å². The molecule has 1 atom stereocenters. The van der Waals surface area contributed by atoms with Gasteiger partial charge in [0, 0.05) is 22.0 Å². The first-order chi connectivity index (χ1) is 10.1. The summed E-state index contributed by atoms with van der Waals surface area (Å²) in [5.74, 6) is 1.31. The summed E-state index contributed by atoms with van der Waals surface area (Å²) < 4.78 is 0. The van der Waals surface area contributed by atoms with Gasteiger partial charge in [0.1, 0.15) is 0 Å². The van der Waals surface area contributed by atoms with E-state index in [1.807, 2.05) is 23.5 Å². The van der Waals surface area contributed by atoms with Crippen LogP contribution in [-0.2, 0) is 0 Å². The van der Waals surface area contributed by atoms with E-state index in [0.29, 0.717) is 23.9 Å². The molecule has 0 spiro atoms. The van der Waals surface area contributed by atoms with E-state index in [4.69, 9.17) is 11.6 Å². The van der Waals surface area contributed by atoms with Gasteiger partial charge in [-0.3, -0.25) is 0 Å². The lowest BCUT2D eigenvalue weighted by molar-refractivity contribution is 0.243. The van der Waals surface area contributed by atoms with E-state index in [1.54, 1.807) is 0 Å². The number of hydrogen-bond donors (Lipinski definition) is 1. The summed E-state index contributed by atoms with van der Waals surface area (Å²) in [5.41, 5.74) is 1.43. The van der Waals surface area contributed by atoms with Crippen LogP contribution in [0.4, 0.5) is 0 Å². The summed E-state index contributed by atoms with van der Waals surface area (Å²) in [7, 11) is 0. The second-order valence-electron chi connectivity index (χ2n) is 6.32. The fourth-order valence-corrected chi connectivity index (χ4v) is 4.17. The largest absolute Gasteiger partial charge is 0.306 e. The van der Waals surface area contributed by atoms with Crippen molar-refractivity contribution < 1.29 is 0 Å². The summed E-state index contributed by atoms with van der Waals surface area (Å²) in [5, 5.41) is 6.85. The Morgan fingerprint density at radius 1 is 1.14 bits per heavy atom. The Morgan fingerprint density at radius 2 is 1.86 bits per heavy atom. The SMILES string of the molecule is CC(C)C(NC1CC(c2ccc(Cl)cc2)C1)c1cccs1. The molecule has 1 saturated carbocycles. The molecule has 1 aliphatic rings. The minimum atomic E-state index is 0.487. The molecule has 3 heteroatoms. The summed E-state index contributed by atoms with van der Waals surface area (Å²) in [6.45, 7) is 4.60. The van der Waals surface area contributed by atoms with Gasteiger partial charge in [-0.2, -0.15) is 0 Å². The van der Waals surface area contributed by atoms with Crippen LogP contribution < -0.4 is 5.32 Å². The molecule has 1 heterocycles. The third-order valence-electron chi connectivity index (χ3n) is 4.41. The van der Waals surface area contributed by atoms with E-state index in [1.165, 1.54) is 23.3 Å². The highest BCUT2D eigenvalue weighted by Gasteiger charge is 2.32. The highest BCUT2D eigenvalue weighted by Crippen LogP contribution is 2.39. The van der Waals surface area contributed by atoms with E-state index in [9.17, 15) is 0 Å². The van der Waals surface area contributed by atoms with E-state index in [0.717, 1.165) is 5.02 Å². The second-order valence-corrected chi connectivity index (χ2v) is 7.74. The van der Waals surface area contributed by atoms with Gasteiger partial charge in [0.05, 0.1) is 0 Å². The number of thiophene rings is 1. The highest BCUT2D eigenvalue weighted by atomic mass is 35.5. The Hall–Kier alpha value is -0.830. The van der Waals surface area contributed by atoms with E-state index in [2.05, 4.69) is 48.8 Å². The maximum atomic E-state index is 5.96. The molecule has 0 amide bonds. The van der Waals surface area contributed by atoms with Crippen LogP contribution in [0.1, 0.15) is 49.1 Å². The molecule has 3 rings (SSSR count). The van der Waals surface area contributed by atoms with E-state index < -0.39 is 0 Å². The minimum Gasteiger partial charge on any atom is -0.306 e. The first-order valence-corrected chi connectivity index (χ1v) is 8.94. The summed E-state index contributed by atoms with van der Waals surface area (Å²) in [6, 6.07) is 13.9. The molecule has 0 aliphatic heterocycles. The average molecular weight is 320 g/mol. The normalized spacial score (nSPS) is 23.0. The van der Waals surface area contributed by atoms with Gasteiger partial charge in [-0.15, -0.1) is 11.3 Å². The Labute approximate surface area is 136 Å². The maximum absolute atomic E-state index is 5.96. The molecular weight excluding hydrogens is 298 g/mol. The molecule has 1 unspecified atom stereocenters. The minimum absolute atomic E-state index is 0.487. The smallest absolute Gasteiger partial charge is 0.0440 e. The zero-order valence-corrected chi connectivity index (χ0v) is 14.1. The number of nitrogens with one attached hydrogen (secondary N) is 1. The standard InChI is InChI=1S/C18H22ClNS/c1-12(2)18(17-4-3-9-21-17)20-16-10-14(11-16)13-5-7-15(19)8-6-13/h3-9,12,14,16,18,20H,10-11H2,1-2H3. The number of benzene rings is 1.